The molecule has 5 heteroatoms. The normalized spacial score (nSPS) is 10.4. The van der Waals surface area contributed by atoms with Gasteiger partial charge in [-0.1, -0.05) is 48.6 Å². The molecule has 20 heavy (non-hydrogen) atoms. The second kappa shape index (κ2) is 7.91. The first-order valence-corrected chi connectivity index (χ1v) is 10.6. The Kier molecular flexibility index (Phi) is 6.54. The summed E-state index contributed by atoms with van der Waals surface area (Å²) in [6.45, 7) is 6.02. The molecular weight excluding hydrogens is 288 g/mol. The van der Waals surface area contributed by atoms with Crippen LogP contribution in [0.25, 0.3) is 0 Å². The fourth-order valence-electron chi connectivity index (χ4n) is 1.29. The maximum absolute atomic E-state index is 11.8. The molecule has 1 rings (SSSR count). The molecule has 0 aliphatic carbocycles. The van der Waals surface area contributed by atoms with E-state index < -0.39 is 18.9 Å². The Bertz CT molecular complexity index is 653. The van der Waals surface area contributed by atoms with Crippen molar-refractivity contribution in [2.45, 2.75) is 31.3 Å². The Morgan fingerprint density at radius 2 is 1.75 bits per heavy atom. The van der Waals surface area contributed by atoms with Crippen LogP contribution in [-0.4, -0.2) is 23.8 Å². The molecule has 0 atom stereocenters. The van der Waals surface area contributed by atoms with Gasteiger partial charge in [0.05, 0.1) is 11.3 Å². The van der Waals surface area contributed by atoms with Crippen LogP contribution in [0, 0.1) is 30.2 Å². The minimum Gasteiger partial charge on any atom is -0.253 e. The highest BCUT2D eigenvalue weighted by Crippen LogP contribution is 2.12. The summed E-state index contributed by atoms with van der Waals surface area (Å²) in [5.74, 6) is 8.39. The zero-order valence-corrected chi connectivity index (χ0v) is 13.9. The number of rotatable bonds is 3. The van der Waals surface area contributed by atoms with Crippen molar-refractivity contribution in [1.82, 2.24) is 0 Å². The molecule has 1 aromatic carbocycles. The first-order chi connectivity index (χ1) is 9.42. The molecule has 0 aliphatic rings. The van der Waals surface area contributed by atoms with Crippen LogP contribution in [0.4, 0.5) is 0 Å². The van der Waals surface area contributed by atoms with Crippen molar-refractivity contribution >= 4 is 18.9 Å². The summed E-state index contributed by atoms with van der Waals surface area (Å²) in [6.07, 6.45) is 0.457. The minimum absolute atomic E-state index is 0.142. The van der Waals surface area contributed by atoms with E-state index in [2.05, 4.69) is 36.4 Å². The smallest absolute Gasteiger partial charge is 0.253 e. The van der Waals surface area contributed by atoms with Crippen molar-refractivity contribution in [3.8, 4) is 23.3 Å². The Balaban J connectivity index is 2.51. The number of hydrogen-bond acceptors (Lipinski definition) is 3. The lowest BCUT2D eigenvalue weighted by molar-refractivity contribution is 0.363. The number of hydrogen-bond donors (Lipinski definition) is 0. The van der Waals surface area contributed by atoms with Gasteiger partial charge in [-0.2, -0.15) is 8.42 Å². The third-order valence-electron chi connectivity index (χ3n) is 2.29. The van der Waals surface area contributed by atoms with Crippen LogP contribution in [0.15, 0.2) is 29.2 Å². The highest BCUT2D eigenvalue weighted by molar-refractivity contribution is 7.86. The van der Waals surface area contributed by atoms with Gasteiger partial charge in [-0.3, -0.25) is 4.18 Å². The second-order valence-corrected chi connectivity index (χ2v) is 8.75. The summed E-state index contributed by atoms with van der Waals surface area (Å²) < 4.78 is 28.5. The van der Waals surface area contributed by atoms with E-state index in [9.17, 15) is 8.42 Å². The lowest BCUT2D eigenvalue weighted by atomic mass is 10.2. The maximum Gasteiger partial charge on any atom is 0.297 e. The van der Waals surface area contributed by atoms with Crippen molar-refractivity contribution in [1.29, 1.82) is 0 Å². The first-order valence-electron chi connectivity index (χ1n) is 6.32. The Morgan fingerprint density at radius 3 is 2.35 bits per heavy atom. The average molecular weight is 306 g/mol. The van der Waals surface area contributed by atoms with Gasteiger partial charge < -0.3 is 0 Å². The van der Waals surface area contributed by atoms with Crippen LogP contribution >= 0.6 is 0 Å². The second-order valence-electron chi connectivity index (χ2n) is 4.54. The lowest BCUT2D eigenvalue weighted by Crippen LogP contribution is -2.06. The van der Waals surface area contributed by atoms with E-state index in [0.29, 0.717) is 6.42 Å². The van der Waals surface area contributed by atoms with Gasteiger partial charge in [0.1, 0.15) is 15.4 Å². The van der Waals surface area contributed by atoms with Gasteiger partial charge in [0.25, 0.3) is 10.1 Å². The number of aryl methyl sites for hydroxylation is 1. The molecule has 0 heterocycles. The van der Waals surface area contributed by atoms with Gasteiger partial charge in [0.15, 0.2) is 0 Å². The van der Waals surface area contributed by atoms with Crippen molar-refractivity contribution in [2.75, 3.05) is 6.61 Å². The largest absolute Gasteiger partial charge is 0.297 e. The van der Waals surface area contributed by atoms with Crippen LogP contribution in [0.1, 0.15) is 12.0 Å². The molecule has 0 N–H and O–H groups in total. The molecule has 0 saturated heterocycles. The summed E-state index contributed by atoms with van der Waals surface area (Å²) in [7, 11) is -4.57. The van der Waals surface area contributed by atoms with E-state index in [1.807, 2.05) is 6.92 Å². The van der Waals surface area contributed by atoms with Gasteiger partial charge in [0, 0.05) is 0 Å². The molecule has 0 fully saturated rings. The topological polar surface area (TPSA) is 43.4 Å². The van der Waals surface area contributed by atoms with Gasteiger partial charge in [-0.15, -0.1) is 5.54 Å². The minimum atomic E-state index is -3.71. The zero-order chi connectivity index (χ0) is 15.0. The molecule has 0 aliphatic heterocycles. The van der Waals surface area contributed by atoms with Crippen LogP contribution in [0.2, 0.25) is 13.1 Å². The summed E-state index contributed by atoms with van der Waals surface area (Å²) >= 11 is 0. The van der Waals surface area contributed by atoms with Gasteiger partial charge in [0.2, 0.25) is 0 Å². The molecule has 106 valence electrons. The Morgan fingerprint density at radius 1 is 1.10 bits per heavy atom. The van der Waals surface area contributed by atoms with E-state index in [4.69, 9.17) is 4.18 Å². The summed E-state index contributed by atoms with van der Waals surface area (Å²) in [6, 6.07) is 6.51. The van der Waals surface area contributed by atoms with E-state index in [1.54, 1.807) is 12.1 Å². The third-order valence-corrected chi connectivity index (χ3v) is 4.35. The van der Waals surface area contributed by atoms with Crippen LogP contribution in [-0.2, 0) is 14.3 Å². The standard InChI is InChI=1S/C15H18O3SSi/c1-14-8-10-15(11-9-14)19(16,17)18-12-6-4-5-7-13-20(2)3/h8-11,20H,5,12H2,1-3H3. The first kappa shape index (κ1) is 16.5. The molecule has 0 radical (unpaired) electrons. The van der Waals surface area contributed by atoms with Crippen molar-refractivity contribution in [3.05, 3.63) is 29.8 Å². The van der Waals surface area contributed by atoms with Crippen LogP contribution < -0.4 is 0 Å². The van der Waals surface area contributed by atoms with Crippen LogP contribution in [0.3, 0.4) is 0 Å². The summed E-state index contributed by atoms with van der Waals surface area (Å²) in [4.78, 5) is 0.149. The highest BCUT2D eigenvalue weighted by atomic mass is 32.2. The molecule has 0 unspecified atom stereocenters. The van der Waals surface area contributed by atoms with E-state index >= 15 is 0 Å². The number of benzene rings is 1. The average Bonchev–Trinajstić information content (AvgIpc) is 2.37. The molecule has 0 amide bonds. The van der Waals surface area contributed by atoms with Crippen molar-refractivity contribution in [2.24, 2.45) is 0 Å². The predicted octanol–water partition coefficient (Wildman–Crippen LogP) is 2.12. The quantitative estimate of drug-likeness (QED) is 0.488. The summed E-state index contributed by atoms with van der Waals surface area (Å²) in [5.41, 5.74) is 4.11. The predicted molar refractivity (Wildman–Crippen MR) is 83.4 cm³/mol. The SMILES string of the molecule is Cc1ccc(S(=O)(=O)OCC#CCC#C[SiH](C)C)cc1. The fourth-order valence-corrected chi connectivity index (χ4v) is 2.62. The Hall–Kier alpha value is -1.53. The van der Waals surface area contributed by atoms with E-state index in [1.165, 1.54) is 12.1 Å². The van der Waals surface area contributed by atoms with Crippen molar-refractivity contribution < 1.29 is 12.6 Å². The molecule has 0 saturated carbocycles. The Labute approximate surface area is 123 Å². The molecule has 3 nitrogen and oxygen atoms in total. The van der Waals surface area contributed by atoms with Gasteiger partial charge >= 0.3 is 0 Å². The highest BCUT2D eigenvalue weighted by Gasteiger charge is 2.13. The van der Waals surface area contributed by atoms with E-state index in [0.717, 1.165) is 5.56 Å². The van der Waals surface area contributed by atoms with Crippen LogP contribution in [0.5, 0.6) is 0 Å². The molecule has 0 spiro atoms. The summed E-state index contributed by atoms with van der Waals surface area (Å²) in [5, 5.41) is 0. The molecule has 1 aromatic rings. The van der Waals surface area contributed by atoms with Gasteiger partial charge in [-0.25, -0.2) is 0 Å². The maximum atomic E-state index is 11.8. The third kappa shape index (κ3) is 6.07. The molecule has 0 aromatic heterocycles. The monoisotopic (exact) mass is 306 g/mol. The van der Waals surface area contributed by atoms with Crippen molar-refractivity contribution in [3.63, 3.8) is 0 Å². The lowest BCUT2D eigenvalue weighted by Gasteiger charge is -2.02. The van der Waals surface area contributed by atoms with E-state index in [-0.39, 0.29) is 11.5 Å². The van der Waals surface area contributed by atoms with Gasteiger partial charge in [-0.05, 0) is 19.1 Å². The molecular formula is C15H18O3SSi. The fraction of sp³-hybridized carbons (Fsp3) is 0.333. The molecule has 0 bridgehead atoms. The zero-order valence-electron chi connectivity index (χ0n) is 11.9.